The Morgan fingerprint density at radius 1 is 0.974 bits per heavy atom. The number of pyridine rings is 1. The number of hydrogen-bond donors (Lipinski definition) is 3. The monoisotopic (exact) mass is 536 g/mol. The van der Waals surface area contributed by atoms with E-state index in [-0.39, 0.29) is 11.7 Å². The van der Waals surface area contributed by atoms with Crippen molar-refractivity contribution in [3.63, 3.8) is 0 Å². The molecule has 3 N–H and O–H groups in total. The van der Waals surface area contributed by atoms with Crippen LogP contribution in [0.15, 0.2) is 66.5 Å². The number of ether oxygens (including phenoxy) is 1. The molecule has 0 radical (unpaired) electrons. The molecule has 2 aromatic rings. The minimum absolute atomic E-state index is 0.194. The number of amides is 4. The van der Waals surface area contributed by atoms with Crippen LogP contribution in [0.25, 0.3) is 0 Å². The molecular formula is C29H40N6O4. The van der Waals surface area contributed by atoms with Crippen molar-refractivity contribution in [3.05, 3.63) is 77.8 Å². The topological polar surface area (TPSA) is 116 Å². The van der Waals surface area contributed by atoms with E-state index in [4.69, 9.17) is 4.74 Å². The predicted octanol–water partition coefficient (Wildman–Crippen LogP) is 5.23. The van der Waals surface area contributed by atoms with E-state index in [2.05, 4.69) is 20.9 Å². The quantitative estimate of drug-likeness (QED) is 0.358. The Labute approximate surface area is 231 Å². The first-order valence-corrected chi connectivity index (χ1v) is 12.8. The van der Waals surface area contributed by atoms with Crippen LogP contribution in [0, 0.1) is 0 Å². The van der Waals surface area contributed by atoms with Gasteiger partial charge in [-0.3, -0.25) is 15.1 Å². The lowest BCUT2D eigenvalue weighted by atomic mass is 10.2. The van der Waals surface area contributed by atoms with Crippen molar-refractivity contribution < 1.29 is 19.1 Å². The van der Waals surface area contributed by atoms with Crippen LogP contribution in [-0.2, 0) is 11.3 Å². The number of urea groups is 1. The lowest BCUT2D eigenvalue weighted by Gasteiger charge is -2.25. The number of rotatable bonds is 10. The Morgan fingerprint density at radius 3 is 2.18 bits per heavy atom. The van der Waals surface area contributed by atoms with E-state index < -0.39 is 17.6 Å². The zero-order chi connectivity index (χ0) is 29.0. The van der Waals surface area contributed by atoms with Crippen molar-refractivity contribution in [1.82, 2.24) is 20.1 Å². The molecule has 1 aromatic carbocycles. The molecule has 1 aromatic heterocycles. The lowest BCUT2D eigenvalue weighted by molar-refractivity contribution is 0.0635. The average molecular weight is 537 g/mol. The van der Waals surface area contributed by atoms with Gasteiger partial charge in [-0.1, -0.05) is 30.4 Å². The summed E-state index contributed by atoms with van der Waals surface area (Å²) in [5.41, 5.74) is 1.84. The van der Waals surface area contributed by atoms with Gasteiger partial charge < -0.3 is 25.2 Å². The molecular weight excluding hydrogens is 496 g/mol. The Hall–Kier alpha value is -4.18. The fourth-order valence-electron chi connectivity index (χ4n) is 3.34. The van der Waals surface area contributed by atoms with Crippen molar-refractivity contribution in [2.75, 3.05) is 37.8 Å². The first-order valence-electron chi connectivity index (χ1n) is 12.8. The summed E-state index contributed by atoms with van der Waals surface area (Å²) in [7, 11) is 3.90. The van der Waals surface area contributed by atoms with E-state index in [1.54, 1.807) is 68.3 Å². The Morgan fingerprint density at radius 2 is 1.64 bits per heavy atom. The second-order valence-electron chi connectivity index (χ2n) is 10.1. The van der Waals surface area contributed by atoms with Gasteiger partial charge in [0.2, 0.25) is 0 Å². The molecule has 10 nitrogen and oxygen atoms in total. The summed E-state index contributed by atoms with van der Waals surface area (Å²) < 4.78 is 5.30. The van der Waals surface area contributed by atoms with Crippen molar-refractivity contribution in [2.24, 2.45) is 0 Å². The second kappa shape index (κ2) is 14.7. The SMILES string of the molecule is C/C=C\C(=C/C)NC(=O)N(CCN(C)C)Cc1ccc(C(=O)Nc2ccccc2NC(=O)OC(C)(C)C)nc1. The van der Waals surface area contributed by atoms with Gasteiger partial charge in [0.25, 0.3) is 5.91 Å². The van der Waals surface area contributed by atoms with Crippen LogP contribution in [0.3, 0.4) is 0 Å². The van der Waals surface area contributed by atoms with Gasteiger partial charge in [-0.2, -0.15) is 0 Å². The smallest absolute Gasteiger partial charge is 0.412 e. The molecule has 0 unspecified atom stereocenters. The predicted molar refractivity (Wildman–Crippen MR) is 155 cm³/mol. The molecule has 0 aliphatic carbocycles. The van der Waals surface area contributed by atoms with E-state index in [1.165, 1.54) is 0 Å². The molecule has 1 heterocycles. The largest absolute Gasteiger partial charge is 0.444 e. The molecule has 4 amide bonds. The molecule has 0 bridgehead atoms. The molecule has 0 fully saturated rings. The first kappa shape index (κ1) is 31.0. The van der Waals surface area contributed by atoms with Crippen LogP contribution in [0.4, 0.5) is 21.0 Å². The fraction of sp³-hybridized carbons (Fsp3) is 0.379. The molecule has 0 aliphatic heterocycles. The van der Waals surface area contributed by atoms with Crippen LogP contribution < -0.4 is 16.0 Å². The minimum Gasteiger partial charge on any atom is -0.444 e. The maximum atomic E-state index is 13.0. The van der Waals surface area contributed by atoms with Gasteiger partial charge in [-0.25, -0.2) is 9.59 Å². The van der Waals surface area contributed by atoms with Crippen LogP contribution in [0.2, 0.25) is 0 Å². The number of nitrogens with one attached hydrogen (secondary N) is 3. The van der Waals surface area contributed by atoms with E-state index >= 15 is 0 Å². The lowest BCUT2D eigenvalue weighted by Crippen LogP contribution is -2.42. The number of carbonyl (C=O) groups is 3. The standard InChI is InChI=1S/C29H40N6O4/c1-8-12-22(9-2)31-27(37)35(18-17-34(6)7)20-21-15-16-25(30-19-21)26(36)32-23-13-10-11-14-24(23)33-28(38)39-29(3,4)5/h8-16,19H,17-18,20H2,1-7H3,(H,31,37)(H,32,36)(H,33,38)/b12-8-,22-9+. The van der Waals surface area contributed by atoms with Gasteiger partial charge in [0.15, 0.2) is 0 Å². The Kier molecular flexibility index (Phi) is 11.7. The molecule has 2 rings (SSSR count). The third-order valence-corrected chi connectivity index (χ3v) is 5.25. The van der Waals surface area contributed by atoms with Gasteiger partial charge in [-0.15, -0.1) is 0 Å². The fourth-order valence-corrected chi connectivity index (χ4v) is 3.34. The number of benzene rings is 1. The highest BCUT2D eigenvalue weighted by atomic mass is 16.6. The maximum absolute atomic E-state index is 13.0. The average Bonchev–Trinajstić information content (AvgIpc) is 2.86. The van der Waals surface area contributed by atoms with Crippen LogP contribution in [-0.4, -0.2) is 65.6 Å². The number of likely N-dealkylation sites (N-methyl/N-ethyl adjacent to an activating group) is 1. The molecule has 210 valence electrons. The summed E-state index contributed by atoms with van der Waals surface area (Å²) in [5, 5.41) is 8.36. The van der Waals surface area contributed by atoms with E-state index in [9.17, 15) is 14.4 Å². The van der Waals surface area contributed by atoms with Gasteiger partial charge >= 0.3 is 12.1 Å². The maximum Gasteiger partial charge on any atom is 0.412 e. The van der Waals surface area contributed by atoms with Gasteiger partial charge in [0.1, 0.15) is 11.3 Å². The van der Waals surface area contributed by atoms with Crippen LogP contribution in [0.1, 0.15) is 50.7 Å². The number of carbonyl (C=O) groups excluding carboxylic acids is 3. The van der Waals surface area contributed by atoms with Gasteiger partial charge in [0.05, 0.1) is 11.4 Å². The normalized spacial score (nSPS) is 11.8. The summed E-state index contributed by atoms with van der Waals surface area (Å²) in [5.74, 6) is -0.439. The molecule has 0 aliphatic rings. The van der Waals surface area contributed by atoms with Crippen LogP contribution >= 0.6 is 0 Å². The van der Waals surface area contributed by atoms with Crippen molar-refractivity contribution >= 4 is 29.4 Å². The molecule has 39 heavy (non-hydrogen) atoms. The molecule has 0 saturated carbocycles. The minimum atomic E-state index is -0.655. The highest BCUT2D eigenvalue weighted by Gasteiger charge is 2.19. The third-order valence-electron chi connectivity index (χ3n) is 5.25. The molecule has 0 spiro atoms. The highest BCUT2D eigenvalue weighted by Crippen LogP contribution is 2.22. The van der Waals surface area contributed by atoms with Gasteiger partial charge in [0, 0.05) is 31.5 Å². The number of nitrogens with zero attached hydrogens (tertiary/aromatic N) is 3. The summed E-state index contributed by atoms with van der Waals surface area (Å²) in [6.45, 7) is 10.6. The van der Waals surface area contributed by atoms with Crippen molar-refractivity contribution in [3.8, 4) is 0 Å². The van der Waals surface area contributed by atoms with E-state index in [0.717, 1.165) is 5.56 Å². The van der Waals surface area contributed by atoms with Gasteiger partial charge in [-0.05, 0) is 78.6 Å². The summed E-state index contributed by atoms with van der Waals surface area (Å²) >= 11 is 0. The van der Waals surface area contributed by atoms with Crippen molar-refractivity contribution in [2.45, 2.75) is 46.8 Å². The number of hydrogen-bond acceptors (Lipinski definition) is 6. The Bertz CT molecular complexity index is 1180. The molecule has 0 atom stereocenters. The number of allylic oxidation sites excluding steroid dienone is 3. The highest BCUT2D eigenvalue weighted by molar-refractivity contribution is 6.05. The third kappa shape index (κ3) is 11.0. The Balaban J connectivity index is 2.11. The van der Waals surface area contributed by atoms with E-state index in [0.29, 0.717) is 36.7 Å². The van der Waals surface area contributed by atoms with E-state index in [1.807, 2.05) is 51.1 Å². The summed E-state index contributed by atoms with van der Waals surface area (Å²) in [6, 6.07) is 9.98. The zero-order valence-corrected chi connectivity index (χ0v) is 23.9. The summed E-state index contributed by atoms with van der Waals surface area (Å²) in [6.07, 6.45) is 6.48. The van der Waals surface area contributed by atoms with Crippen molar-refractivity contribution in [1.29, 1.82) is 0 Å². The number of aromatic nitrogens is 1. The number of para-hydroxylation sites is 2. The van der Waals surface area contributed by atoms with Crippen LogP contribution in [0.5, 0.6) is 0 Å². The second-order valence-corrected chi connectivity index (χ2v) is 10.1. The zero-order valence-electron chi connectivity index (χ0n) is 23.9. The number of anilines is 2. The first-order chi connectivity index (χ1) is 18.4. The molecule has 10 heteroatoms. The molecule has 0 saturated heterocycles. The summed E-state index contributed by atoms with van der Waals surface area (Å²) in [4.78, 5) is 46.1.